The maximum absolute atomic E-state index is 11.9. The van der Waals surface area contributed by atoms with Crippen LogP contribution in [0, 0.1) is 0 Å². The van der Waals surface area contributed by atoms with E-state index < -0.39 is 11.8 Å². The third kappa shape index (κ3) is 3.01. The molecule has 2 heterocycles. The molecule has 104 valence electrons. The van der Waals surface area contributed by atoms with Gasteiger partial charge in [0.05, 0.1) is 6.54 Å². The number of amides is 2. The molecule has 1 aliphatic rings. The van der Waals surface area contributed by atoms with Crippen molar-refractivity contribution in [2.24, 2.45) is 0 Å². The molecule has 0 saturated carbocycles. The Kier molecular flexibility index (Phi) is 4.31. The molecule has 0 aromatic carbocycles. The van der Waals surface area contributed by atoms with Crippen LogP contribution >= 0.6 is 11.3 Å². The highest BCUT2D eigenvalue weighted by Gasteiger charge is 2.31. The number of rotatable bonds is 5. The number of carbonyl (C=O) groups is 2. The lowest BCUT2D eigenvalue weighted by atomic mass is 10.3. The van der Waals surface area contributed by atoms with E-state index >= 15 is 0 Å². The molecule has 2 amide bonds. The van der Waals surface area contributed by atoms with E-state index in [9.17, 15) is 9.59 Å². The van der Waals surface area contributed by atoms with Gasteiger partial charge < -0.3 is 15.1 Å². The van der Waals surface area contributed by atoms with Crippen LogP contribution in [0.2, 0.25) is 0 Å². The maximum Gasteiger partial charge on any atom is 0.312 e. The Hall–Kier alpha value is -1.70. The van der Waals surface area contributed by atoms with Crippen molar-refractivity contribution in [3.05, 3.63) is 5.01 Å². The summed E-state index contributed by atoms with van der Waals surface area (Å²) in [5.41, 5.74) is 0. The average Bonchev–Trinajstić information content (AvgIpc) is 2.83. The van der Waals surface area contributed by atoms with Crippen LogP contribution in [-0.2, 0) is 16.1 Å². The monoisotopic (exact) mass is 283 g/mol. The van der Waals surface area contributed by atoms with Crippen molar-refractivity contribution in [2.75, 3.05) is 31.5 Å². The number of hydrogen-bond acceptors (Lipinski definition) is 6. The van der Waals surface area contributed by atoms with E-state index in [1.54, 1.807) is 4.90 Å². The Morgan fingerprint density at radius 3 is 2.53 bits per heavy atom. The minimum absolute atomic E-state index is 0.352. The molecule has 1 fully saturated rings. The summed E-state index contributed by atoms with van der Waals surface area (Å²) in [6.45, 7) is 6.68. The molecule has 0 aliphatic carbocycles. The minimum atomic E-state index is -0.451. The average molecular weight is 283 g/mol. The zero-order valence-electron chi connectivity index (χ0n) is 11.0. The van der Waals surface area contributed by atoms with E-state index in [4.69, 9.17) is 0 Å². The number of carbonyl (C=O) groups excluding carboxylic acids is 2. The Labute approximate surface area is 115 Å². The topological polar surface area (TPSA) is 78.4 Å². The van der Waals surface area contributed by atoms with Crippen molar-refractivity contribution in [3.63, 3.8) is 0 Å². The van der Waals surface area contributed by atoms with Gasteiger partial charge in [0.15, 0.2) is 0 Å². The van der Waals surface area contributed by atoms with E-state index in [0.717, 1.165) is 16.7 Å². The number of nitrogens with one attached hydrogen (secondary N) is 1. The first-order valence-corrected chi connectivity index (χ1v) is 7.11. The number of anilines is 1. The van der Waals surface area contributed by atoms with E-state index in [0.29, 0.717) is 26.2 Å². The highest BCUT2D eigenvalue weighted by molar-refractivity contribution is 7.15. The standard InChI is InChI=1S/C11H17N5O2S/c1-3-12-11-14-13-8(19-11)7-16-6-5-15(4-2)9(17)10(16)18/h3-7H2,1-2H3,(H,12,14). The van der Waals surface area contributed by atoms with Gasteiger partial charge in [0, 0.05) is 26.2 Å². The summed E-state index contributed by atoms with van der Waals surface area (Å²) in [6.07, 6.45) is 0. The molecule has 2 rings (SSSR count). The van der Waals surface area contributed by atoms with Crippen LogP contribution < -0.4 is 5.32 Å². The first-order valence-electron chi connectivity index (χ1n) is 6.30. The normalized spacial score (nSPS) is 16.1. The van der Waals surface area contributed by atoms with Crippen molar-refractivity contribution in [2.45, 2.75) is 20.4 Å². The first-order chi connectivity index (χ1) is 9.15. The van der Waals surface area contributed by atoms with Gasteiger partial charge in [-0.25, -0.2) is 0 Å². The second-order valence-electron chi connectivity index (χ2n) is 4.14. The predicted molar refractivity (Wildman–Crippen MR) is 71.7 cm³/mol. The van der Waals surface area contributed by atoms with Crippen molar-refractivity contribution < 1.29 is 9.59 Å². The van der Waals surface area contributed by atoms with Gasteiger partial charge in [-0.1, -0.05) is 11.3 Å². The van der Waals surface area contributed by atoms with Gasteiger partial charge in [-0.05, 0) is 13.8 Å². The van der Waals surface area contributed by atoms with Crippen molar-refractivity contribution >= 4 is 28.3 Å². The summed E-state index contributed by atoms with van der Waals surface area (Å²) in [6, 6.07) is 0. The lowest BCUT2D eigenvalue weighted by Crippen LogP contribution is -2.53. The molecule has 0 spiro atoms. The highest BCUT2D eigenvalue weighted by atomic mass is 32.1. The number of hydrogen-bond donors (Lipinski definition) is 1. The summed E-state index contributed by atoms with van der Waals surface area (Å²) in [7, 11) is 0. The minimum Gasteiger partial charge on any atom is -0.360 e. The molecule has 0 bridgehead atoms. The lowest BCUT2D eigenvalue weighted by Gasteiger charge is -2.32. The lowest BCUT2D eigenvalue weighted by molar-refractivity contribution is -0.156. The highest BCUT2D eigenvalue weighted by Crippen LogP contribution is 2.18. The molecule has 0 unspecified atom stereocenters. The van der Waals surface area contributed by atoms with Gasteiger partial charge in [-0.2, -0.15) is 0 Å². The molecule has 1 aliphatic heterocycles. The van der Waals surface area contributed by atoms with Gasteiger partial charge in [0.25, 0.3) is 0 Å². The Morgan fingerprint density at radius 2 is 1.84 bits per heavy atom. The zero-order valence-corrected chi connectivity index (χ0v) is 11.9. The smallest absolute Gasteiger partial charge is 0.312 e. The fourth-order valence-electron chi connectivity index (χ4n) is 1.87. The molecular weight excluding hydrogens is 266 g/mol. The fraction of sp³-hybridized carbons (Fsp3) is 0.636. The second kappa shape index (κ2) is 5.96. The molecule has 19 heavy (non-hydrogen) atoms. The summed E-state index contributed by atoms with van der Waals surface area (Å²) >= 11 is 1.41. The van der Waals surface area contributed by atoms with E-state index in [1.165, 1.54) is 16.2 Å². The third-order valence-electron chi connectivity index (χ3n) is 2.90. The molecule has 1 N–H and O–H groups in total. The number of nitrogens with zero attached hydrogens (tertiary/aromatic N) is 4. The van der Waals surface area contributed by atoms with Crippen LogP contribution in [0.25, 0.3) is 0 Å². The maximum atomic E-state index is 11.9. The number of piperazine rings is 1. The van der Waals surface area contributed by atoms with Crippen molar-refractivity contribution in [1.82, 2.24) is 20.0 Å². The largest absolute Gasteiger partial charge is 0.360 e. The van der Waals surface area contributed by atoms with Crippen LogP contribution in [0.1, 0.15) is 18.9 Å². The van der Waals surface area contributed by atoms with Crippen LogP contribution in [0.3, 0.4) is 0 Å². The summed E-state index contributed by atoms with van der Waals surface area (Å²) in [5, 5.41) is 12.5. The number of likely N-dealkylation sites (N-methyl/N-ethyl adjacent to an activating group) is 1. The summed E-state index contributed by atoms with van der Waals surface area (Å²) < 4.78 is 0. The molecule has 0 radical (unpaired) electrons. The summed E-state index contributed by atoms with van der Waals surface area (Å²) in [4.78, 5) is 26.8. The first kappa shape index (κ1) is 13.7. The van der Waals surface area contributed by atoms with E-state index in [2.05, 4.69) is 15.5 Å². The fourth-order valence-corrected chi connectivity index (χ4v) is 2.69. The van der Waals surface area contributed by atoms with Gasteiger partial charge in [-0.15, -0.1) is 10.2 Å². The third-order valence-corrected chi connectivity index (χ3v) is 3.77. The van der Waals surface area contributed by atoms with Gasteiger partial charge in [-0.3, -0.25) is 9.59 Å². The molecule has 7 nitrogen and oxygen atoms in total. The predicted octanol–water partition coefficient (Wildman–Crippen LogP) is 0.161. The molecule has 0 atom stereocenters. The molecule has 1 saturated heterocycles. The van der Waals surface area contributed by atoms with Gasteiger partial charge >= 0.3 is 11.8 Å². The Morgan fingerprint density at radius 1 is 1.16 bits per heavy atom. The van der Waals surface area contributed by atoms with E-state index in [-0.39, 0.29) is 0 Å². The molecular formula is C11H17N5O2S. The van der Waals surface area contributed by atoms with Gasteiger partial charge in [0.2, 0.25) is 5.13 Å². The molecule has 1 aromatic rings. The van der Waals surface area contributed by atoms with Crippen LogP contribution in [0.4, 0.5) is 5.13 Å². The van der Waals surface area contributed by atoms with Crippen LogP contribution in [0.5, 0.6) is 0 Å². The van der Waals surface area contributed by atoms with E-state index in [1.807, 2.05) is 13.8 Å². The Balaban J connectivity index is 1.99. The van der Waals surface area contributed by atoms with Crippen LogP contribution in [0.15, 0.2) is 0 Å². The quantitative estimate of drug-likeness (QED) is 0.779. The van der Waals surface area contributed by atoms with Crippen molar-refractivity contribution in [1.29, 1.82) is 0 Å². The molecule has 1 aromatic heterocycles. The number of aromatic nitrogens is 2. The summed E-state index contributed by atoms with van der Waals surface area (Å²) in [5.74, 6) is -0.876. The molecule has 8 heteroatoms. The Bertz CT molecular complexity index is 475. The van der Waals surface area contributed by atoms with Crippen molar-refractivity contribution in [3.8, 4) is 0 Å². The van der Waals surface area contributed by atoms with Crippen LogP contribution in [-0.4, -0.2) is 58.0 Å². The second-order valence-corrected chi connectivity index (χ2v) is 5.20. The van der Waals surface area contributed by atoms with Gasteiger partial charge in [0.1, 0.15) is 5.01 Å². The zero-order chi connectivity index (χ0) is 13.8. The SMILES string of the molecule is CCNc1nnc(CN2CCN(CC)C(=O)C2=O)s1.